The summed E-state index contributed by atoms with van der Waals surface area (Å²) in [7, 11) is 0. The normalized spacial score (nSPS) is 13.7. The minimum absolute atomic E-state index is 0. The Morgan fingerprint density at radius 1 is 1.25 bits per heavy atom. The van der Waals surface area contributed by atoms with Gasteiger partial charge in [0.05, 0.1) is 30.9 Å². The summed E-state index contributed by atoms with van der Waals surface area (Å²) in [6, 6.07) is 0. The minimum atomic E-state index is -2.16. The lowest BCUT2D eigenvalue weighted by Gasteiger charge is -2.35. The first kappa shape index (κ1) is 14.5. The van der Waals surface area contributed by atoms with Crippen molar-refractivity contribution >= 4 is 11.3 Å². The van der Waals surface area contributed by atoms with Crippen molar-refractivity contribution in [1.82, 2.24) is 4.83 Å². The van der Waals surface area contributed by atoms with E-state index >= 15 is 0 Å². The lowest BCUT2D eigenvalue weighted by molar-refractivity contribution is -0.951. The molecule has 0 aromatic carbocycles. The van der Waals surface area contributed by atoms with Gasteiger partial charge in [-0.2, -0.15) is 0 Å². The third-order valence-electron chi connectivity index (χ3n) is 2.08. The lowest BCUT2D eigenvalue weighted by atomic mass is 10.5. The topological polar surface area (TPSA) is 82.2 Å². The molecule has 1 atom stereocenters. The second-order valence-electron chi connectivity index (χ2n) is 2.42. The smallest absolute Gasteiger partial charge is 0.0941 e. The fourth-order valence-corrected chi connectivity index (χ4v) is 1.73. The molecule has 0 radical (unpaired) electrons. The third kappa shape index (κ3) is 4.13. The largest absolute Gasteiger partial charge is 0.870 e. The maximum Gasteiger partial charge on any atom is 0.0941 e. The predicted octanol–water partition coefficient (Wildman–Crippen LogP) is -0.0152. The average Bonchev–Trinajstić information content (AvgIpc) is 2.00. The van der Waals surface area contributed by atoms with Crippen LogP contribution >= 0.6 is 0 Å². The van der Waals surface area contributed by atoms with Crippen molar-refractivity contribution in [3.8, 4) is 0 Å². The van der Waals surface area contributed by atoms with Crippen LogP contribution in [0.3, 0.4) is 0 Å². The van der Waals surface area contributed by atoms with Crippen LogP contribution in [0.5, 0.6) is 0 Å². The van der Waals surface area contributed by atoms with E-state index in [1.807, 2.05) is 20.8 Å². The van der Waals surface area contributed by atoms with Crippen LogP contribution in [0.15, 0.2) is 0 Å². The molecule has 76 valence electrons. The summed E-state index contributed by atoms with van der Waals surface area (Å²) < 4.78 is 21.2. The average molecular weight is 197 g/mol. The highest BCUT2D eigenvalue weighted by Crippen LogP contribution is 1.99. The molecule has 0 aliphatic carbocycles. The van der Waals surface area contributed by atoms with Crippen molar-refractivity contribution < 1.29 is 18.8 Å². The highest BCUT2D eigenvalue weighted by Gasteiger charge is 2.20. The van der Waals surface area contributed by atoms with Crippen molar-refractivity contribution in [2.75, 3.05) is 19.6 Å². The van der Waals surface area contributed by atoms with E-state index < -0.39 is 11.3 Å². The van der Waals surface area contributed by atoms with Crippen LogP contribution in [0.4, 0.5) is 0 Å². The summed E-state index contributed by atoms with van der Waals surface area (Å²) >= 11 is -2.16. The maximum atomic E-state index is 10.4. The first-order valence-corrected chi connectivity index (χ1v) is 4.91. The summed E-state index contributed by atoms with van der Waals surface area (Å²) in [5.41, 5.74) is 0. The molecule has 0 spiro atoms. The fraction of sp³-hybridized carbons (Fsp3) is 1.00. The molecule has 12 heavy (non-hydrogen) atoms. The van der Waals surface area contributed by atoms with Crippen LogP contribution in [0.2, 0.25) is 0 Å². The van der Waals surface area contributed by atoms with Crippen LogP contribution in [0.1, 0.15) is 20.8 Å². The van der Waals surface area contributed by atoms with Gasteiger partial charge in [0.2, 0.25) is 0 Å². The SMILES string of the molecule is CC[N+](CC)(CC)NS(=O)[O-].[OH-]. The van der Waals surface area contributed by atoms with Crippen LogP contribution in [-0.4, -0.2) is 38.5 Å². The van der Waals surface area contributed by atoms with E-state index in [4.69, 9.17) is 0 Å². The van der Waals surface area contributed by atoms with Crippen molar-refractivity contribution in [1.29, 1.82) is 0 Å². The molecular weight excluding hydrogens is 180 g/mol. The van der Waals surface area contributed by atoms with Crippen LogP contribution in [0.25, 0.3) is 0 Å². The van der Waals surface area contributed by atoms with Crippen molar-refractivity contribution in [2.45, 2.75) is 20.8 Å². The van der Waals surface area contributed by atoms with Crippen molar-refractivity contribution in [3.05, 3.63) is 0 Å². The van der Waals surface area contributed by atoms with Gasteiger partial charge in [0.15, 0.2) is 0 Å². The molecule has 0 amide bonds. The van der Waals surface area contributed by atoms with E-state index in [1.54, 1.807) is 0 Å². The molecule has 0 rings (SSSR count). The molecule has 0 saturated heterocycles. The zero-order chi connectivity index (χ0) is 8.91. The van der Waals surface area contributed by atoms with E-state index in [1.165, 1.54) is 0 Å². The minimum Gasteiger partial charge on any atom is -0.870 e. The number of rotatable bonds is 5. The molecule has 0 aliphatic heterocycles. The number of hydrogen-bond acceptors (Lipinski definition) is 3. The molecule has 0 bridgehead atoms. The van der Waals surface area contributed by atoms with Gasteiger partial charge in [-0.05, 0) is 20.8 Å². The van der Waals surface area contributed by atoms with Gasteiger partial charge >= 0.3 is 0 Å². The van der Waals surface area contributed by atoms with E-state index in [0.29, 0.717) is 4.59 Å². The molecule has 0 saturated carbocycles. The number of nitrogens with one attached hydrogen (secondary N) is 1. The molecule has 0 aliphatic rings. The van der Waals surface area contributed by atoms with Crippen molar-refractivity contribution in [2.24, 2.45) is 0 Å². The first-order chi connectivity index (χ1) is 5.10. The Hall–Kier alpha value is -0.0100. The van der Waals surface area contributed by atoms with Crippen LogP contribution in [0, 0.1) is 0 Å². The van der Waals surface area contributed by atoms with Gasteiger partial charge in [0.1, 0.15) is 0 Å². The van der Waals surface area contributed by atoms with Crippen LogP contribution in [-0.2, 0) is 11.3 Å². The van der Waals surface area contributed by atoms with Crippen LogP contribution < -0.4 is 4.83 Å². The summed E-state index contributed by atoms with van der Waals surface area (Å²) in [5, 5.41) is 0. The number of hydrogen-bond donors (Lipinski definition) is 1. The number of quaternary nitrogens is 1. The molecule has 1 unspecified atom stereocenters. The standard InChI is InChI=1S/C6H16N2O2S.H2O/c1-4-8(5-2,6-3)7-11(9)10;/h7H,4-6H2,1-3H3;1H2/p-1. The Morgan fingerprint density at radius 3 is 1.67 bits per heavy atom. The van der Waals surface area contributed by atoms with E-state index in [2.05, 4.69) is 4.83 Å². The van der Waals surface area contributed by atoms with Gasteiger partial charge in [-0.3, -0.25) is 4.21 Å². The fourth-order valence-electron chi connectivity index (χ4n) is 1.02. The lowest BCUT2D eigenvalue weighted by Crippen LogP contribution is -2.58. The molecule has 5 nitrogen and oxygen atoms in total. The van der Waals surface area contributed by atoms with Gasteiger partial charge in [0, 0.05) is 0 Å². The maximum absolute atomic E-state index is 10.4. The van der Waals surface area contributed by atoms with E-state index in [-0.39, 0.29) is 5.48 Å². The third-order valence-corrected chi connectivity index (χ3v) is 2.62. The Labute approximate surface area is 76.0 Å². The molecule has 6 heteroatoms. The molecule has 0 heterocycles. The highest BCUT2D eigenvalue weighted by molar-refractivity contribution is 7.76. The first-order valence-electron chi connectivity index (χ1n) is 3.83. The second-order valence-corrected chi connectivity index (χ2v) is 3.07. The predicted molar refractivity (Wildman–Crippen MR) is 45.9 cm³/mol. The van der Waals surface area contributed by atoms with Gasteiger partial charge < -0.3 is 10.0 Å². The van der Waals surface area contributed by atoms with E-state index in [0.717, 1.165) is 19.6 Å². The second kappa shape index (κ2) is 6.50. The Morgan fingerprint density at radius 2 is 1.58 bits per heavy atom. The Bertz CT molecular complexity index is 130. The molecule has 0 fully saturated rings. The van der Waals surface area contributed by atoms with Gasteiger partial charge in [-0.25, -0.2) is 4.59 Å². The molecular formula is C6H17N2O3S-. The van der Waals surface area contributed by atoms with Crippen molar-refractivity contribution in [3.63, 3.8) is 0 Å². The molecule has 0 aromatic heterocycles. The summed E-state index contributed by atoms with van der Waals surface area (Å²) in [5.74, 6) is 0. The molecule has 0 aromatic rings. The summed E-state index contributed by atoms with van der Waals surface area (Å²) in [6.45, 7) is 8.23. The van der Waals surface area contributed by atoms with E-state index in [9.17, 15) is 8.76 Å². The monoisotopic (exact) mass is 197 g/mol. The zero-order valence-electron chi connectivity index (χ0n) is 7.74. The summed E-state index contributed by atoms with van der Waals surface area (Å²) in [4.78, 5) is 2.50. The zero-order valence-corrected chi connectivity index (χ0v) is 8.56. The Kier molecular flexibility index (Phi) is 7.86. The van der Waals surface area contributed by atoms with Gasteiger partial charge in [-0.1, -0.05) is 4.83 Å². The number of nitrogens with zero attached hydrogens (tertiary/aromatic N) is 1. The summed E-state index contributed by atoms with van der Waals surface area (Å²) in [6.07, 6.45) is 0. The highest BCUT2D eigenvalue weighted by atomic mass is 32.2. The van der Waals surface area contributed by atoms with Gasteiger partial charge in [0.25, 0.3) is 0 Å². The quantitative estimate of drug-likeness (QED) is 0.382. The molecule has 2 N–H and O–H groups in total. The Balaban J connectivity index is 0. The van der Waals surface area contributed by atoms with Gasteiger partial charge in [-0.15, -0.1) is 0 Å².